The summed E-state index contributed by atoms with van der Waals surface area (Å²) in [6.07, 6.45) is 3.03. The maximum Gasteiger partial charge on any atom is 0.251 e. The van der Waals surface area contributed by atoms with Crippen molar-refractivity contribution >= 4 is 5.91 Å². The van der Waals surface area contributed by atoms with Gasteiger partial charge in [0.1, 0.15) is 5.75 Å². The second-order valence-electron chi connectivity index (χ2n) is 4.10. The summed E-state index contributed by atoms with van der Waals surface area (Å²) in [7, 11) is 1.61. The molecule has 0 radical (unpaired) electrons. The molecule has 0 saturated carbocycles. The van der Waals surface area contributed by atoms with Gasteiger partial charge in [0.15, 0.2) is 0 Å². The van der Waals surface area contributed by atoms with Crippen LogP contribution in [0.5, 0.6) is 5.75 Å². The SMILES string of the molecule is COc1cccc(C(CN)n2cc(C(N)=O)cn2)c1. The lowest BCUT2D eigenvalue weighted by Crippen LogP contribution is -2.21. The topological polar surface area (TPSA) is 96.2 Å². The van der Waals surface area contributed by atoms with E-state index in [1.54, 1.807) is 18.0 Å². The van der Waals surface area contributed by atoms with Gasteiger partial charge in [-0.1, -0.05) is 12.1 Å². The van der Waals surface area contributed by atoms with Crippen LogP contribution in [0.1, 0.15) is 22.0 Å². The molecule has 0 aliphatic carbocycles. The average Bonchev–Trinajstić information content (AvgIpc) is 2.90. The molecule has 6 heteroatoms. The Kier molecular flexibility index (Phi) is 3.82. The first-order valence-electron chi connectivity index (χ1n) is 5.83. The van der Waals surface area contributed by atoms with Crippen molar-refractivity contribution in [1.82, 2.24) is 9.78 Å². The van der Waals surface area contributed by atoms with E-state index in [-0.39, 0.29) is 6.04 Å². The molecule has 0 bridgehead atoms. The summed E-state index contributed by atoms with van der Waals surface area (Å²) in [6, 6.07) is 7.40. The number of nitrogens with two attached hydrogens (primary N) is 2. The van der Waals surface area contributed by atoms with E-state index in [2.05, 4.69) is 5.10 Å². The number of rotatable bonds is 5. The highest BCUT2D eigenvalue weighted by Crippen LogP contribution is 2.21. The van der Waals surface area contributed by atoms with E-state index >= 15 is 0 Å². The number of nitrogens with zero attached hydrogens (tertiary/aromatic N) is 2. The van der Waals surface area contributed by atoms with Crippen LogP contribution in [0.2, 0.25) is 0 Å². The fourth-order valence-electron chi connectivity index (χ4n) is 1.88. The number of ether oxygens (including phenoxy) is 1. The molecule has 19 heavy (non-hydrogen) atoms. The second-order valence-corrected chi connectivity index (χ2v) is 4.10. The molecule has 100 valence electrons. The number of methoxy groups -OCH3 is 1. The molecule has 0 fully saturated rings. The lowest BCUT2D eigenvalue weighted by Gasteiger charge is -2.16. The van der Waals surface area contributed by atoms with Crippen LogP contribution in [0.15, 0.2) is 36.7 Å². The Hall–Kier alpha value is -2.34. The third-order valence-corrected chi connectivity index (χ3v) is 2.91. The molecule has 6 nitrogen and oxygen atoms in total. The van der Waals surface area contributed by atoms with Crippen molar-refractivity contribution in [3.8, 4) is 5.75 Å². The predicted molar refractivity (Wildman–Crippen MR) is 70.9 cm³/mol. The second kappa shape index (κ2) is 5.53. The number of aromatic nitrogens is 2. The Balaban J connectivity index is 2.34. The molecule has 1 aromatic carbocycles. The number of amides is 1. The van der Waals surface area contributed by atoms with Crippen molar-refractivity contribution < 1.29 is 9.53 Å². The lowest BCUT2D eigenvalue weighted by molar-refractivity contribution is 0.1000. The van der Waals surface area contributed by atoms with Gasteiger partial charge in [-0.15, -0.1) is 0 Å². The number of hydrogen-bond donors (Lipinski definition) is 2. The summed E-state index contributed by atoms with van der Waals surface area (Å²) < 4.78 is 6.82. The quantitative estimate of drug-likeness (QED) is 0.820. The van der Waals surface area contributed by atoms with Gasteiger partial charge in [-0.2, -0.15) is 5.10 Å². The molecule has 0 saturated heterocycles. The minimum absolute atomic E-state index is 0.164. The lowest BCUT2D eigenvalue weighted by atomic mass is 10.1. The highest BCUT2D eigenvalue weighted by atomic mass is 16.5. The Morgan fingerprint density at radius 3 is 2.89 bits per heavy atom. The standard InChI is InChI=1S/C13H16N4O2/c1-19-11-4-2-3-9(5-11)12(6-14)17-8-10(7-16-17)13(15)18/h2-5,7-8,12H,6,14H2,1H3,(H2,15,18). The van der Waals surface area contributed by atoms with E-state index in [0.29, 0.717) is 12.1 Å². The van der Waals surface area contributed by atoms with Crippen molar-refractivity contribution in [3.63, 3.8) is 0 Å². The van der Waals surface area contributed by atoms with Gasteiger partial charge in [0.2, 0.25) is 0 Å². The molecule has 0 aliphatic rings. The number of primary amides is 1. The van der Waals surface area contributed by atoms with E-state index in [0.717, 1.165) is 11.3 Å². The first-order chi connectivity index (χ1) is 9.15. The number of carbonyl (C=O) groups excluding carboxylic acids is 1. The Morgan fingerprint density at radius 2 is 2.32 bits per heavy atom. The minimum Gasteiger partial charge on any atom is -0.497 e. The van der Waals surface area contributed by atoms with Crippen molar-refractivity contribution in [2.45, 2.75) is 6.04 Å². The van der Waals surface area contributed by atoms with Gasteiger partial charge in [-0.25, -0.2) is 0 Å². The van der Waals surface area contributed by atoms with Crippen molar-refractivity contribution in [2.75, 3.05) is 13.7 Å². The van der Waals surface area contributed by atoms with Gasteiger partial charge >= 0.3 is 0 Å². The molecule has 1 amide bonds. The highest BCUT2D eigenvalue weighted by molar-refractivity contribution is 5.92. The van der Waals surface area contributed by atoms with Crippen LogP contribution in [0.25, 0.3) is 0 Å². The summed E-state index contributed by atoms with van der Waals surface area (Å²) in [5, 5.41) is 4.14. The van der Waals surface area contributed by atoms with Crippen LogP contribution in [-0.2, 0) is 0 Å². The van der Waals surface area contributed by atoms with Gasteiger partial charge in [0.25, 0.3) is 5.91 Å². The van der Waals surface area contributed by atoms with Crippen molar-refractivity contribution in [3.05, 3.63) is 47.8 Å². The van der Waals surface area contributed by atoms with Gasteiger partial charge in [0, 0.05) is 12.7 Å². The van der Waals surface area contributed by atoms with E-state index in [9.17, 15) is 4.79 Å². The molecular weight excluding hydrogens is 244 g/mol. The number of hydrogen-bond acceptors (Lipinski definition) is 4. The first-order valence-corrected chi connectivity index (χ1v) is 5.83. The Morgan fingerprint density at radius 1 is 1.53 bits per heavy atom. The van der Waals surface area contributed by atoms with E-state index in [4.69, 9.17) is 16.2 Å². The summed E-state index contributed by atoms with van der Waals surface area (Å²) in [5.41, 5.74) is 12.3. The summed E-state index contributed by atoms with van der Waals surface area (Å²) >= 11 is 0. The first kappa shape index (κ1) is 13.1. The van der Waals surface area contributed by atoms with Crippen LogP contribution in [0, 0.1) is 0 Å². The fraction of sp³-hybridized carbons (Fsp3) is 0.231. The van der Waals surface area contributed by atoms with Gasteiger partial charge < -0.3 is 16.2 Å². The van der Waals surface area contributed by atoms with Crippen LogP contribution < -0.4 is 16.2 Å². The molecule has 2 rings (SSSR count). The van der Waals surface area contributed by atoms with Crippen LogP contribution in [-0.4, -0.2) is 29.3 Å². The van der Waals surface area contributed by atoms with E-state index in [1.165, 1.54) is 6.20 Å². The minimum atomic E-state index is -0.507. The van der Waals surface area contributed by atoms with Crippen molar-refractivity contribution in [1.29, 1.82) is 0 Å². The number of carbonyl (C=O) groups is 1. The molecule has 0 aliphatic heterocycles. The zero-order valence-corrected chi connectivity index (χ0v) is 10.6. The zero-order valence-electron chi connectivity index (χ0n) is 10.6. The molecule has 4 N–H and O–H groups in total. The predicted octanol–water partition coefficient (Wildman–Crippen LogP) is 0.539. The maximum absolute atomic E-state index is 11.1. The van der Waals surface area contributed by atoms with Gasteiger partial charge in [0.05, 0.1) is 24.9 Å². The molecular formula is C13H16N4O2. The smallest absolute Gasteiger partial charge is 0.251 e. The summed E-state index contributed by atoms with van der Waals surface area (Å²) in [4.78, 5) is 11.1. The van der Waals surface area contributed by atoms with Gasteiger partial charge in [-0.3, -0.25) is 9.48 Å². The molecule has 1 atom stereocenters. The Bertz CT molecular complexity index is 580. The third kappa shape index (κ3) is 2.74. The fourth-order valence-corrected chi connectivity index (χ4v) is 1.88. The molecule has 1 aromatic heterocycles. The molecule has 0 spiro atoms. The molecule has 2 aromatic rings. The maximum atomic E-state index is 11.1. The van der Waals surface area contributed by atoms with Crippen LogP contribution in [0.3, 0.4) is 0 Å². The third-order valence-electron chi connectivity index (χ3n) is 2.91. The van der Waals surface area contributed by atoms with Crippen LogP contribution >= 0.6 is 0 Å². The zero-order chi connectivity index (χ0) is 13.8. The Labute approximate surface area is 111 Å². The van der Waals surface area contributed by atoms with E-state index < -0.39 is 5.91 Å². The summed E-state index contributed by atoms with van der Waals surface area (Å²) in [5.74, 6) is 0.242. The van der Waals surface area contributed by atoms with Crippen LogP contribution in [0.4, 0.5) is 0 Å². The van der Waals surface area contributed by atoms with Gasteiger partial charge in [-0.05, 0) is 17.7 Å². The highest BCUT2D eigenvalue weighted by Gasteiger charge is 2.15. The largest absolute Gasteiger partial charge is 0.497 e. The number of benzene rings is 1. The van der Waals surface area contributed by atoms with Crippen molar-refractivity contribution in [2.24, 2.45) is 11.5 Å². The summed E-state index contributed by atoms with van der Waals surface area (Å²) in [6.45, 7) is 0.354. The molecule has 1 unspecified atom stereocenters. The normalized spacial score (nSPS) is 12.1. The monoisotopic (exact) mass is 260 g/mol. The molecule has 1 heterocycles. The van der Waals surface area contributed by atoms with E-state index in [1.807, 2.05) is 24.3 Å². The average molecular weight is 260 g/mol.